The van der Waals surface area contributed by atoms with Gasteiger partial charge in [0.1, 0.15) is 0 Å². The molecule has 0 saturated carbocycles. The van der Waals surface area contributed by atoms with E-state index >= 15 is 0 Å². The van der Waals surface area contributed by atoms with Crippen LogP contribution in [0.5, 0.6) is 0 Å². The summed E-state index contributed by atoms with van der Waals surface area (Å²) in [5.41, 5.74) is 3.13. The molecule has 0 radical (unpaired) electrons. The van der Waals surface area contributed by atoms with E-state index in [9.17, 15) is 4.79 Å². The van der Waals surface area contributed by atoms with Crippen LogP contribution >= 0.6 is 0 Å². The number of benzene rings is 1. The third-order valence-electron chi connectivity index (χ3n) is 3.26. The molecule has 3 rings (SSSR count). The van der Waals surface area contributed by atoms with Gasteiger partial charge >= 0.3 is 5.97 Å². The second-order valence-corrected chi connectivity index (χ2v) is 3.95. The number of aliphatic carboxylic acids is 1. The summed E-state index contributed by atoms with van der Waals surface area (Å²) < 4.78 is 0. The van der Waals surface area contributed by atoms with Crippen molar-refractivity contribution in [3.63, 3.8) is 0 Å². The summed E-state index contributed by atoms with van der Waals surface area (Å²) in [6, 6.07) is 8.16. The molecule has 2 aliphatic carbocycles. The Labute approximate surface area is 81.9 Å². The number of rotatable bonds is 1. The molecule has 1 N–H and O–H groups in total. The molecule has 0 spiro atoms. The van der Waals surface area contributed by atoms with E-state index in [-0.39, 0.29) is 5.92 Å². The van der Waals surface area contributed by atoms with Crippen molar-refractivity contribution in [1.82, 2.24) is 0 Å². The molecule has 0 fully saturated rings. The van der Waals surface area contributed by atoms with Gasteiger partial charge in [-0.15, -0.1) is 0 Å². The topological polar surface area (TPSA) is 37.3 Å². The molecule has 2 nitrogen and oxygen atoms in total. The molecular formula is C12H10O2. The molecule has 2 heteroatoms. The van der Waals surface area contributed by atoms with Crippen LogP contribution in [0.3, 0.4) is 0 Å². The average molecular weight is 186 g/mol. The van der Waals surface area contributed by atoms with Gasteiger partial charge in [0.15, 0.2) is 0 Å². The van der Waals surface area contributed by atoms with Gasteiger partial charge in [-0.1, -0.05) is 30.3 Å². The summed E-state index contributed by atoms with van der Waals surface area (Å²) in [5.74, 6) is -0.261. The molecule has 2 bridgehead atoms. The first kappa shape index (κ1) is 7.80. The molecule has 0 heterocycles. The van der Waals surface area contributed by atoms with Crippen molar-refractivity contribution in [2.75, 3.05) is 0 Å². The number of carbonyl (C=O) groups is 1. The van der Waals surface area contributed by atoms with Gasteiger partial charge in [0.05, 0.1) is 0 Å². The van der Waals surface area contributed by atoms with Gasteiger partial charge in [0, 0.05) is 17.4 Å². The second kappa shape index (κ2) is 2.47. The first-order chi connectivity index (χ1) is 6.77. The summed E-state index contributed by atoms with van der Waals surface area (Å²) in [6.07, 6.45) is 2.87. The normalized spacial score (nSPS) is 27.3. The Morgan fingerprint density at radius 1 is 1.29 bits per heavy atom. The fourth-order valence-electron chi connectivity index (χ4n) is 2.68. The third-order valence-corrected chi connectivity index (χ3v) is 3.26. The third kappa shape index (κ3) is 0.830. The fraction of sp³-hybridized carbons (Fsp3) is 0.250. The summed E-state index contributed by atoms with van der Waals surface area (Å²) in [6.45, 7) is 0. The molecule has 1 aromatic rings. The van der Waals surface area contributed by atoms with Crippen LogP contribution in [-0.2, 0) is 4.79 Å². The minimum Gasteiger partial charge on any atom is -0.478 e. The fourth-order valence-corrected chi connectivity index (χ4v) is 2.68. The van der Waals surface area contributed by atoms with E-state index in [4.69, 9.17) is 5.11 Å². The first-order valence-electron chi connectivity index (χ1n) is 4.81. The quantitative estimate of drug-likeness (QED) is 0.730. The Kier molecular flexibility index (Phi) is 1.38. The van der Waals surface area contributed by atoms with Crippen LogP contribution in [0.4, 0.5) is 0 Å². The Hall–Kier alpha value is -1.57. The molecule has 2 atom stereocenters. The van der Waals surface area contributed by atoms with E-state index in [0.717, 1.165) is 6.42 Å². The van der Waals surface area contributed by atoms with Crippen LogP contribution in [0.2, 0.25) is 0 Å². The first-order valence-corrected chi connectivity index (χ1v) is 4.81. The molecule has 0 saturated heterocycles. The zero-order valence-corrected chi connectivity index (χ0v) is 7.60. The number of allylic oxidation sites excluding steroid dienone is 1. The lowest BCUT2D eigenvalue weighted by Gasteiger charge is -2.13. The van der Waals surface area contributed by atoms with Gasteiger partial charge in [-0.2, -0.15) is 0 Å². The summed E-state index contributed by atoms with van der Waals surface area (Å²) >= 11 is 0. The maximum absolute atomic E-state index is 10.9. The number of hydrogen-bond acceptors (Lipinski definition) is 1. The Morgan fingerprint density at radius 3 is 2.71 bits per heavy atom. The highest BCUT2D eigenvalue weighted by Gasteiger charge is 2.39. The summed E-state index contributed by atoms with van der Waals surface area (Å²) in [5, 5.41) is 8.99. The highest BCUT2D eigenvalue weighted by molar-refractivity contribution is 5.90. The van der Waals surface area contributed by atoms with E-state index in [1.54, 1.807) is 0 Å². The van der Waals surface area contributed by atoms with Crippen LogP contribution < -0.4 is 0 Å². The molecular weight excluding hydrogens is 176 g/mol. The smallest absolute Gasteiger partial charge is 0.331 e. The van der Waals surface area contributed by atoms with Gasteiger partial charge in [-0.3, -0.25) is 0 Å². The lowest BCUT2D eigenvalue weighted by Crippen LogP contribution is -2.08. The average Bonchev–Trinajstić information content (AvgIpc) is 2.75. The van der Waals surface area contributed by atoms with E-state index in [0.29, 0.717) is 11.5 Å². The van der Waals surface area contributed by atoms with E-state index in [2.05, 4.69) is 12.1 Å². The predicted octanol–water partition coefficient (Wildman–Crippen LogP) is 2.28. The van der Waals surface area contributed by atoms with Crippen molar-refractivity contribution in [1.29, 1.82) is 0 Å². The van der Waals surface area contributed by atoms with Crippen LogP contribution in [0, 0.1) is 0 Å². The van der Waals surface area contributed by atoms with Crippen LogP contribution in [0.1, 0.15) is 29.4 Å². The molecule has 70 valence electrons. The van der Waals surface area contributed by atoms with Crippen LogP contribution in [0.15, 0.2) is 35.9 Å². The van der Waals surface area contributed by atoms with Crippen molar-refractivity contribution in [2.45, 2.75) is 18.3 Å². The van der Waals surface area contributed by atoms with Crippen LogP contribution in [-0.4, -0.2) is 11.1 Å². The van der Waals surface area contributed by atoms with Crippen molar-refractivity contribution < 1.29 is 9.90 Å². The summed E-state index contributed by atoms with van der Waals surface area (Å²) in [4.78, 5) is 10.9. The molecule has 2 aliphatic rings. The Bertz CT molecular complexity index is 445. The molecule has 0 amide bonds. The van der Waals surface area contributed by atoms with Crippen molar-refractivity contribution in [3.05, 3.63) is 47.0 Å². The minimum atomic E-state index is -0.757. The Balaban J connectivity index is 2.13. The van der Waals surface area contributed by atoms with Gasteiger partial charge in [-0.05, 0) is 17.5 Å². The second-order valence-electron chi connectivity index (χ2n) is 3.95. The maximum Gasteiger partial charge on any atom is 0.331 e. The number of carboxylic acids is 1. The number of carboxylic acid groups (broad SMARTS) is 1. The highest BCUT2D eigenvalue weighted by atomic mass is 16.4. The van der Waals surface area contributed by atoms with Crippen molar-refractivity contribution in [3.8, 4) is 0 Å². The lowest BCUT2D eigenvalue weighted by molar-refractivity contribution is -0.132. The zero-order valence-electron chi connectivity index (χ0n) is 7.60. The van der Waals surface area contributed by atoms with E-state index < -0.39 is 5.97 Å². The van der Waals surface area contributed by atoms with Gasteiger partial charge < -0.3 is 5.11 Å². The number of hydrogen-bond donors (Lipinski definition) is 1. The van der Waals surface area contributed by atoms with E-state index in [1.807, 2.05) is 18.2 Å². The number of fused-ring (bicyclic) bond motifs is 5. The maximum atomic E-state index is 10.9. The van der Waals surface area contributed by atoms with Crippen molar-refractivity contribution in [2.24, 2.45) is 0 Å². The lowest BCUT2D eigenvalue weighted by atomic mass is 9.91. The summed E-state index contributed by atoms with van der Waals surface area (Å²) in [7, 11) is 0. The molecule has 2 unspecified atom stereocenters. The molecule has 1 aromatic carbocycles. The van der Waals surface area contributed by atoms with Gasteiger partial charge in [-0.25, -0.2) is 4.79 Å². The van der Waals surface area contributed by atoms with Crippen molar-refractivity contribution >= 4 is 5.97 Å². The SMILES string of the molecule is O=C(O)C1=CC2CC1c1ccccc12. The van der Waals surface area contributed by atoms with Crippen LogP contribution in [0.25, 0.3) is 0 Å². The zero-order chi connectivity index (χ0) is 9.71. The van der Waals surface area contributed by atoms with Gasteiger partial charge in [0.25, 0.3) is 0 Å². The highest BCUT2D eigenvalue weighted by Crippen LogP contribution is 2.51. The predicted molar refractivity (Wildman–Crippen MR) is 52.3 cm³/mol. The molecule has 0 aromatic heterocycles. The molecule has 0 aliphatic heterocycles. The largest absolute Gasteiger partial charge is 0.478 e. The monoisotopic (exact) mass is 186 g/mol. The standard InChI is InChI=1S/C12H10O2/c13-12(14)11-6-7-5-10(11)9-4-2-1-3-8(7)9/h1-4,6-7,10H,5H2,(H,13,14). The molecule has 14 heavy (non-hydrogen) atoms. The van der Waals surface area contributed by atoms with Gasteiger partial charge in [0.2, 0.25) is 0 Å². The van der Waals surface area contributed by atoms with E-state index in [1.165, 1.54) is 11.1 Å². The Morgan fingerprint density at radius 2 is 2.00 bits per heavy atom. The minimum absolute atomic E-state index is 0.147.